The average Bonchev–Trinajstić information content (AvgIpc) is 2.47. The highest BCUT2D eigenvalue weighted by atomic mass is 35.5. The van der Waals surface area contributed by atoms with Gasteiger partial charge < -0.3 is 10.0 Å². The van der Waals surface area contributed by atoms with Gasteiger partial charge in [-0.1, -0.05) is 41.4 Å². The van der Waals surface area contributed by atoms with Crippen LogP contribution in [0.25, 0.3) is 0 Å². The van der Waals surface area contributed by atoms with Gasteiger partial charge in [0, 0.05) is 15.7 Å². The van der Waals surface area contributed by atoms with Crippen molar-refractivity contribution in [3.05, 3.63) is 64.1 Å². The number of carbonyl (C=O) groups is 1. The summed E-state index contributed by atoms with van der Waals surface area (Å²) in [6.07, 6.45) is 0. The highest BCUT2D eigenvalue weighted by molar-refractivity contribution is 6.33. The summed E-state index contributed by atoms with van der Waals surface area (Å²) in [6.45, 7) is 1.79. The van der Waals surface area contributed by atoms with Gasteiger partial charge in [0.25, 0.3) is 0 Å². The molecule has 1 atom stereocenters. The molecule has 2 aromatic rings. The van der Waals surface area contributed by atoms with E-state index < -0.39 is 5.97 Å². The van der Waals surface area contributed by atoms with Gasteiger partial charge in [-0.2, -0.15) is 0 Å². The fourth-order valence-corrected chi connectivity index (χ4v) is 2.68. The number of halogens is 2. The summed E-state index contributed by atoms with van der Waals surface area (Å²) in [5.74, 6) is -0.899. The van der Waals surface area contributed by atoms with E-state index in [1.807, 2.05) is 37.3 Å². The third kappa shape index (κ3) is 3.90. The van der Waals surface area contributed by atoms with E-state index in [2.05, 4.69) is 0 Å². The molecule has 110 valence electrons. The van der Waals surface area contributed by atoms with E-state index in [1.54, 1.807) is 23.1 Å². The fraction of sp³-hybridized carbons (Fsp3) is 0.188. The minimum absolute atomic E-state index is 0.117. The number of carboxylic acid groups (broad SMARTS) is 1. The number of benzene rings is 2. The van der Waals surface area contributed by atoms with Gasteiger partial charge in [-0.3, -0.25) is 4.79 Å². The lowest BCUT2D eigenvalue weighted by Gasteiger charge is -2.30. The Balaban J connectivity index is 2.40. The zero-order valence-corrected chi connectivity index (χ0v) is 13.0. The molecule has 2 aromatic carbocycles. The Kier molecular flexibility index (Phi) is 5.10. The first kappa shape index (κ1) is 15.7. The second-order valence-corrected chi connectivity index (χ2v) is 5.54. The first-order valence-electron chi connectivity index (χ1n) is 6.47. The van der Waals surface area contributed by atoms with Crippen LogP contribution in [-0.4, -0.2) is 17.6 Å². The van der Waals surface area contributed by atoms with Crippen LogP contribution in [0.3, 0.4) is 0 Å². The van der Waals surface area contributed by atoms with Crippen LogP contribution in [0.15, 0.2) is 48.5 Å². The average molecular weight is 324 g/mol. The number of carboxylic acids is 1. The lowest BCUT2D eigenvalue weighted by Crippen LogP contribution is -2.32. The van der Waals surface area contributed by atoms with Crippen LogP contribution < -0.4 is 4.90 Å². The molecule has 3 nitrogen and oxygen atoms in total. The van der Waals surface area contributed by atoms with Crippen molar-refractivity contribution in [2.75, 3.05) is 11.4 Å². The first-order valence-corrected chi connectivity index (χ1v) is 7.23. The predicted octanol–water partition coefficient (Wildman–Crippen LogP) is 4.65. The van der Waals surface area contributed by atoms with Gasteiger partial charge >= 0.3 is 5.97 Å². The van der Waals surface area contributed by atoms with E-state index in [4.69, 9.17) is 28.3 Å². The molecule has 0 saturated heterocycles. The fourth-order valence-electron chi connectivity index (χ4n) is 2.22. The van der Waals surface area contributed by atoms with Crippen molar-refractivity contribution in [2.24, 2.45) is 0 Å². The molecule has 0 radical (unpaired) electrons. The molecule has 0 aliphatic heterocycles. The molecule has 1 unspecified atom stereocenters. The van der Waals surface area contributed by atoms with Crippen LogP contribution in [0.4, 0.5) is 5.69 Å². The third-order valence-electron chi connectivity index (χ3n) is 3.27. The number of nitrogens with zero attached hydrogens (tertiary/aromatic N) is 1. The second kappa shape index (κ2) is 6.83. The lowest BCUT2D eigenvalue weighted by atomic mass is 10.1. The number of aliphatic carboxylic acids is 1. The minimum atomic E-state index is -0.899. The van der Waals surface area contributed by atoms with Crippen molar-refractivity contribution in [1.29, 1.82) is 0 Å². The monoisotopic (exact) mass is 323 g/mol. The van der Waals surface area contributed by atoms with Crippen LogP contribution in [-0.2, 0) is 4.79 Å². The summed E-state index contributed by atoms with van der Waals surface area (Å²) in [5, 5.41) is 10.3. The summed E-state index contributed by atoms with van der Waals surface area (Å²) in [4.78, 5) is 12.9. The zero-order valence-electron chi connectivity index (χ0n) is 11.5. The molecular formula is C16H15Cl2NO2. The molecule has 1 N–H and O–H groups in total. The van der Waals surface area contributed by atoms with E-state index in [9.17, 15) is 4.79 Å². The molecule has 0 spiro atoms. The van der Waals surface area contributed by atoms with Gasteiger partial charge in [0.15, 0.2) is 0 Å². The van der Waals surface area contributed by atoms with Gasteiger partial charge in [0.2, 0.25) is 0 Å². The van der Waals surface area contributed by atoms with Crippen molar-refractivity contribution in [3.8, 4) is 0 Å². The highest BCUT2D eigenvalue weighted by Crippen LogP contribution is 2.32. The van der Waals surface area contributed by atoms with Crippen LogP contribution in [0.5, 0.6) is 0 Å². The molecule has 0 aromatic heterocycles. The Morgan fingerprint density at radius 2 is 1.86 bits per heavy atom. The van der Waals surface area contributed by atoms with E-state index in [1.165, 1.54) is 0 Å². The topological polar surface area (TPSA) is 40.5 Å². The molecule has 2 rings (SSSR count). The maximum absolute atomic E-state index is 11.2. The summed E-state index contributed by atoms with van der Waals surface area (Å²) in [5.41, 5.74) is 1.62. The van der Waals surface area contributed by atoms with Crippen molar-refractivity contribution >= 4 is 34.9 Å². The SMILES string of the molecule is CC(c1cc(Cl)ccc1Cl)N(CC(=O)O)c1ccccc1. The van der Waals surface area contributed by atoms with E-state index >= 15 is 0 Å². The largest absolute Gasteiger partial charge is 0.480 e. The number of rotatable bonds is 5. The van der Waals surface area contributed by atoms with Gasteiger partial charge in [-0.05, 0) is 42.8 Å². The Hall–Kier alpha value is -1.71. The van der Waals surface area contributed by atoms with E-state index in [0.29, 0.717) is 10.0 Å². The van der Waals surface area contributed by atoms with Gasteiger partial charge in [-0.15, -0.1) is 0 Å². The molecule has 0 aliphatic rings. The van der Waals surface area contributed by atoms with Gasteiger partial charge in [0.05, 0.1) is 6.04 Å². The third-order valence-corrected chi connectivity index (χ3v) is 3.85. The van der Waals surface area contributed by atoms with Gasteiger partial charge in [0.1, 0.15) is 6.54 Å². The molecule has 0 amide bonds. The lowest BCUT2D eigenvalue weighted by molar-refractivity contribution is -0.135. The smallest absolute Gasteiger partial charge is 0.323 e. The summed E-state index contributed by atoms with van der Waals surface area (Å²) < 4.78 is 0. The maximum Gasteiger partial charge on any atom is 0.323 e. The Morgan fingerprint density at radius 1 is 1.19 bits per heavy atom. The molecule has 0 aliphatic carbocycles. The molecule has 5 heteroatoms. The molecule has 0 saturated carbocycles. The Labute approximate surface area is 133 Å². The van der Waals surface area contributed by atoms with Crippen LogP contribution >= 0.6 is 23.2 Å². The molecule has 0 bridgehead atoms. The van der Waals surface area contributed by atoms with Crippen molar-refractivity contribution < 1.29 is 9.90 Å². The van der Waals surface area contributed by atoms with Crippen molar-refractivity contribution in [3.63, 3.8) is 0 Å². The quantitative estimate of drug-likeness (QED) is 0.870. The molecule has 21 heavy (non-hydrogen) atoms. The van der Waals surface area contributed by atoms with Crippen LogP contribution in [0, 0.1) is 0 Å². The number of para-hydroxylation sites is 1. The van der Waals surface area contributed by atoms with Crippen molar-refractivity contribution in [1.82, 2.24) is 0 Å². The van der Waals surface area contributed by atoms with Crippen molar-refractivity contribution in [2.45, 2.75) is 13.0 Å². The highest BCUT2D eigenvalue weighted by Gasteiger charge is 2.21. The first-order chi connectivity index (χ1) is 9.99. The summed E-state index contributed by atoms with van der Waals surface area (Å²) in [6, 6.07) is 14.4. The Bertz CT molecular complexity index is 631. The van der Waals surface area contributed by atoms with E-state index in [0.717, 1.165) is 11.3 Å². The number of hydrogen-bond acceptors (Lipinski definition) is 2. The number of hydrogen-bond donors (Lipinski definition) is 1. The minimum Gasteiger partial charge on any atom is -0.480 e. The molecule has 0 heterocycles. The Morgan fingerprint density at radius 3 is 2.48 bits per heavy atom. The maximum atomic E-state index is 11.2. The van der Waals surface area contributed by atoms with Gasteiger partial charge in [-0.25, -0.2) is 0 Å². The number of anilines is 1. The molecular weight excluding hydrogens is 309 g/mol. The summed E-state index contributed by atoms with van der Waals surface area (Å²) in [7, 11) is 0. The summed E-state index contributed by atoms with van der Waals surface area (Å²) >= 11 is 12.3. The molecule has 0 fully saturated rings. The van der Waals surface area contributed by atoms with Crippen LogP contribution in [0.1, 0.15) is 18.5 Å². The van der Waals surface area contributed by atoms with E-state index in [-0.39, 0.29) is 12.6 Å². The second-order valence-electron chi connectivity index (χ2n) is 4.70. The van der Waals surface area contributed by atoms with Crippen LogP contribution in [0.2, 0.25) is 10.0 Å². The zero-order chi connectivity index (χ0) is 15.4. The predicted molar refractivity (Wildman–Crippen MR) is 86.3 cm³/mol. The standard InChI is InChI=1S/C16H15Cl2NO2/c1-11(14-9-12(17)7-8-15(14)18)19(10-16(20)21)13-5-3-2-4-6-13/h2-9,11H,10H2,1H3,(H,20,21). The normalized spacial score (nSPS) is 12.0.